The minimum absolute atomic E-state index is 0.359. The molecule has 2 heterocycles. The zero-order chi connectivity index (χ0) is 13.4. The summed E-state index contributed by atoms with van der Waals surface area (Å²) in [6.45, 7) is 0. The van der Waals surface area contributed by atoms with Crippen LogP contribution in [0.3, 0.4) is 0 Å². The highest BCUT2D eigenvalue weighted by molar-refractivity contribution is 9.10. The first-order valence-electron chi connectivity index (χ1n) is 5.41. The van der Waals surface area contributed by atoms with Crippen molar-refractivity contribution >= 4 is 44.7 Å². The van der Waals surface area contributed by atoms with Gasteiger partial charge in [0.05, 0.1) is 15.5 Å². The molecule has 3 rings (SSSR count). The first kappa shape index (κ1) is 12.7. The van der Waals surface area contributed by atoms with Crippen molar-refractivity contribution in [1.82, 2.24) is 5.16 Å². The molecule has 0 aliphatic carbocycles. The molecule has 0 saturated heterocycles. The number of rotatable bonds is 2. The Kier molecular flexibility index (Phi) is 3.35. The summed E-state index contributed by atoms with van der Waals surface area (Å²) in [4.78, 5) is 0.834. The van der Waals surface area contributed by atoms with Crippen LogP contribution in [0.25, 0.3) is 21.8 Å². The maximum Gasteiger partial charge on any atom is 0.188 e. The third kappa shape index (κ3) is 2.29. The van der Waals surface area contributed by atoms with E-state index in [0.29, 0.717) is 16.6 Å². The second-order valence-electron chi connectivity index (χ2n) is 3.88. The number of aromatic nitrogens is 1. The van der Waals surface area contributed by atoms with Gasteiger partial charge in [0.1, 0.15) is 0 Å². The number of halogens is 2. The second-order valence-corrected chi connectivity index (χ2v) is 6.12. The minimum Gasteiger partial charge on any atom is -0.380 e. The number of nitrogens with two attached hydrogens (primary N) is 1. The SMILES string of the molecule is Nc1noc(-c2sccc2Cl)c1-c1cccc(Br)c1. The number of thiophene rings is 1. The lowest BCUT2D eigenvalue weighted by atomic mass is 10.1. The molecule has 0 aliphatic rings. The topological polar surface area (TPSA) is 52.0 Å². The Bertz CT molecular complexity index is 738. The number of hydrogen-bond donors (Lipinski definition) is 1. The molecule has 0 atom stereocenters. The number of anilines is 1. The molecule has 0 bridgehead atoms. The molecule has 96 valence electrons. The summed E-state index contributed by atoms with van der Waals surface area (Å²) in [5.74, 6) is 0.966. The normalized spacial score (nSPS) is 10.8. The summed E-state index contributed by atoms with van der Waals surface area (Å²) in [5.41, 5.74) is 7.63. The van der Waals surface area contributed by atoms with Crippen molar-refractivity contribution in [3.05, 3.63) is 45.2 Å². The van der Waals surface area contributed by atoms with Gasteiger partial charge in [0.15, 0.2) is 11.6 Å². The lowest BCUT2D eigenvalue weighted by Crippen LogP contribution is -1.88. The fourth-order valence-electron chi connectivity index (χ4n) is 1.84. The maximum absolute atomic E-state index is 6.15. The number of nitrogen functional groups attached to an aromatic ring is 1. The van der Waals surface area contributed by atoms with Gasteiger partial charge in [-0.2, -0.15) is 0 Å². The van der Waals surface area contributed by atoms with Gasteiger partial charge in [-0.1, -0.05) is 44.8 Å². The second kappa shape index (κ2) is 5.00. The van der Waals surface area contributed by atoms with E-state index in [0.717, 1.165) is 20.5 Å². The molecule has 19 heavy (non-hydrogen) atoms. The number of nitrogens with zero attached hydrogens (tertiary/aromatic N) is 1. The minimum atomic E-state index is 0.359. The maximum atomic E-state index is 6.15. The Morgan fingerprint density at radius 1 is 1.32 bits per heavy atom. The van der Waals surface area contributed by atoms with E-state index >= 15 is 0 Å². The van der Waals surface area contributed by atoms with Crippen molar-refractivity contribution in [3.63, 3.8) is 0 Å². The molecular weight excluding hydrogens is 348 g/mol. The van der Waals surface area contributed by atoms with Gasteiger partial charge in [0.25, 0.3) is 0 Å². The summed E-state index contributed by atoms with van der Waals surface area (Å²) >= 11 is 11.1. The fraction of sp³-hybridized carbons (Fsp3) is 0. The van der Waals surface area contributed by atoms with Crippen molar-refractivity contribution in [2.45, 2.75) is 0 Å². The van der Waals surface area contributed by atoms with Crippen LogP contribution in [0.2, 0.25) is 5.02 Å². The van der Waals surface area contributed by atoms with Crippen LogP contribution in [-0.2, 0) is 0 Å². The molecule has 0 saturated carbocycles. The third-order valence-electron chi connectivity index (χ3n) is 2.66. The third-order valence-corrected chi connectivity index (χ3v) is 4.49. The van der Waals surface area contributed by atoms with E-state index in [-0.39, 0.29) is 0 Å². The Hall–Kier alpha value is -1.30. The summed E-state index contributed by atoms with van der Waals surface area (Å²) in [7, 11) is 0. The standard InChI is InChI=1S/C13H8BrClN2OS/c14-8-3-1-2-7(6-8)10-11(18-17-13(10)16)12-9(15)4-5-19-12/h1-6H,(H2,16,17). The monoisotopic (exact) mass is 354 g/mol. The van der Waals surface area contributed by atoms with E-state index in [1.165, 1.54) is 11.3 Å². The van der Waals surface area contributed by atoms with E-state index < -0.39 is 0 Å². The Labute approximate surface area is 127 Å². The summed E-state index contributed by atoms with van der Waals surface area (Å²) in [6.07, 6.45) is 0. The van der Waals surface area contributed by atoms with Crippen LogP contribution in [0.15, 0.2) is 44.7 Å². The first-order valence-corrected chi connectivity index (χ1v) is 7.46. The van der Waals surface area contributed by atoms with E-state index in [9.17, 15) is 0 Å². The molecule has 2 aromatic heterocycles. The van der Waals surface area contributed by atoms with Gasteiger partial charge in [-0.25, -0.2) is 0 Å². The van der Waals surface area contributed by atoms with Crippen molar-refractivity contribution < 1.29 is 4.52 Å². The van der Waals surface area contributed by atoms with Gasteiger partial charge in [0.2, 0.25) is 0 Å². The predicted molar refractivity (Wildman–Crippen MR) is 82.4 cm³/mol. The molecule has 0 aliphatic heterocycles. The summed E-state index contributed by atoms with van der Waals surface area (Å²) in [6, 6.07) is 9.63. The molecular formula is C13H8BrClN2OS. The summed E-state index contributed by atoms with van der Waals surface area (Å²) in [5, 5.41) is 6.40. The van der Waals surface area contributed by atoms with Gasteiger partial charge >= 0.3 is 0 Å². The van der Waals surface area contributed by atoms with Gasteiger partial charge in [0, 0.05) is 4.47 Å². The van der Waals surface area contributed by atoms with Crippen LogP contribution in [0.4, 0.5) is 5.82 Å². The van der Waals surface area contributed by atoms with Crippen molar-refractivity contribution in [1.29, 1.82) is 0 Å². The molecule has 6 heteroatoms. The predicted octanol–water partition coefficient (Wildman–Crippen LogP) is 5.07. The smallest absolute Gasteiger partial charge is 0.188 e. The van der Waals surface area contributed by atoms with Gasteiger partial charge < -0.3 is 10.3 Å². The molecule has 0 spiro atoms. The van der Waals surface area contributed by atoms with Gasteiger partial charge in [-0.3, -0.25) is 0 Å². The van der Waals surface area contributed by atoms with Crippen molar-refractivity contribution in [3.8, 4) is 21.8 Å². The van der Waals surface area contributed by atoms with E-state index in [1.807, 2.05) is 35.7 Å². The quantitative estimate of drug-likeness (QED) is 0.698. The highest BCUT2D eigenvalue weighted by Gasteiger charge is 2.20. The fourth-order valence-corrected chi connectivity index (χ4v) is 3.36. The van der Waals surface area contributed by atoms with E-state index in [2.05, 4.69) is 21.1 Å². The van der Waals surface area contributed by atoms with E-state index in [1.54, 1.807) is 0 Å². The highest BCUT2D eigenvalue weighted by Crippen LogP contribution is 2.42. The number of hydrogen-bond acceptors (Lipinski definition) is 4. The zero-order valence-corrected chi connectivity index (χ0v) is 12.7. The highest BCUT2D eigenvalue weighted by atomic mass is 79.9. The molecule has 0 radical (unpaired) electrons. The van der Waals surface area contributed by atoms with Crippen LogP contribution in [0, 0.1) is 0 Å². The Morgan fingerprint density at radius 2 is 2.16 bits per heavy atom. The van der Waals surface area contributed by atoms with Crippen LogP contribution in [0.1, 0.15) is 0 Å². The molecule has 2 N–H and O–H groups in total. The van der Waals surface area contributed by atoms with Crippen LogP contribution < -0.4 is 5.73 Å². The molecule has 3 nitrogen and oxygen atoms in total. The largest absolute Gasteiger partial charge is 0.380 e. The van der Waals surface area contributed by atoms with Crippen LogP contribution in [-0.4, -0.2) is 5.16 Å². The number of benzene rings is 1. The molecule has 3 aromatic rings. The Morgan fingerprint density at radius 3 is 2.84 bits per heavy atom. The van der Waals surface area contributed by atoms with Gasteiger partial charge in [-0.05, 0) is 29.1 Å². The lowest BCUT2D eigenvalue weighted by Gasteiger charge is -2.02. The summed E-state index contributed by atoms with van der Waals surface area (Å²) < 4.78 is 6.32. The van der Waals surface area contributed by atoms with Crippen molar-refractivity contribution in [2.24, 2.45) is 0 Å². The first-order chi connectivity index (χ1) is 9.16. The average Bonchev–Trinajstić information content (AvgIpc) is 2.95. The average molecular weight is 356 g/mol. The van der Waals surface area contributed by atoms with E-state index in [4.69, 9.17) is 21.9 Å². The van der Waals surface area contributed by atoms with Gasteiger partial charge in [-0.15, -0.1) is 11.3 Å². The zero-order valence-electron chi connectivity index (χ0n) is 9.56. The molecule has 0 fully saturated rings. The van der Waals surface area contributed by atoms with Crippen LogP contribution >= 0.6 is 38.9 Å². The molecule has 0 unspecified atom stereocenters. The Balaban J connectivity index is 2.22. The molecule has 1 aromatic carbocycles. The molecule has 0 amide bonds. The lowest BCUT2D eigenvalue weighted by molar-refractivity contribution is 0.437. The van der Waals surface area contributed by atoms with Crippen LogP contribution in [0.5, 0.6) is 0 Å². The van der Waals surface area contributed by atoms with Crippen molar-refractivity contribution in [2.75, 3.05) is 5.73 Å².